The number of rotatable bonds is 5. The van der Waals surface area contributed by atoms with Crippen LogP contribution in [0, 0.1) is 5.41 Å². The smallest absolute Gasteiger partial charge is 0.251 e. The van der Waals surface area contributed by atoms with Crippen molar-refractivity contribution in [3.8, 4) is 0 Å². The first-order valence-electron chi connectivity index (χ1n) is 9.78. The molecule has 2 aromatic rings. The molecule has 1 saturated heterocycles. The van der Waals surface area contributed by atoms with Crippen molar-refractivity contribution in [3.05, 3.63) is 36.0 Å². The lowest BCUT2D eigenvalue weighted by atomic mass is 9.74. The average Bonchev–Trinajstić information content (AvgIpc) is 3.29. The second-order valence-electron chi connectivity index (χ2n) is 7.78. The number of likely N-dealkylation sites (tertiary alicyclic amines) is 1. The molecule has 1 aromatic carbocycles. The fraction of sp³-hybridized carbons (Fsp3) is 0.524. The summed E-state index contributed by atoms with van der Waals surface area (Å²) in [6.07, 6.45) is 7.66. The van der Waals surface area contributed by atoms with E-state index in [2.05, 4.69) is 22.1 Å². The number of H-pyrrole nitrogens is 1. The van der Waals surface area contributed by atoms with Gasteiger partial charge in [-0.1, -0.05) is 19.4 Å². The molecule has 5 nitrogen and oxygen atoms in total. The molecule has 1 aliphatic heterocycles. The third kappa shape index (κ3) is 2.79. The van der Waals surface area contributed by atoms with Crippen LogP contribution in [0.2, 0.25) is 0 Å². The van der Waals surface area contributed by atoms with Gasteiger partial charge >= 0.3 is 0 Å². The summed E-state index contributed by atoms with van der Waals surface area (Å²) in [5.41, 5.74) is 1.74. The van der Waals surface area contributed by atoms with E-state index in [0.29, 0.717) is 18.5 Å². The Morgan fingerprint density at radius 2 is 2.23 bits per heavy atom. The van der Waals surface area contributed by atoms with Gasteiger partial charge < -0.3 is 15.2 Å². The van der Waals surface area contributed by atoms with Crippen molar-refractivity contribution in [3.63, 3.8) is 0 Å². The first kappa shape index (κ1) is 17.1. The summed E-state index contributed by atoms with van der Waals surface area (Å²) >= 11 is 0. The van der Waals surface area contributed by atoms with Crippen molar-refractivity contribution in [2.24, 2.45) is 5.41 Å². The molecule has 2 N–H and O–H groups in total. The standard InChI is InChI=1S/C21H27N3O2/c1-2-13-24-18-7-4-10-21(18,11-8-19(24)25)14-23-20(26)16-5-3-6-17-15(16)9-12-22-17/h3,5-6,9,12,18,22H,2,4,7-8,10-11,13-14H2,1H3,(H,23,26)/t18-,21+/m1/s1. The number of nitrogens with one attached hydrogen (secondary N) is 2. The van der Waals surface area contributed by atoms with Crippen molar-refractivity contribution >= 4 is 22.7 Å². The van der Waals surface area contributed by atoms with Crippen LogP contribution in [0.15, 0.2) is 30.5 Å². The van der Waals surface area contributed by atoms with E-state index >= 15 is 0 Å². The molecule has 2 amide bonds. The highest BCUT2D eigenvalue weighted by molar-refractivity contribution is 6.06. The minimum Gasteiger partial charge on any atom is -0.361 e. The summed E-state index contributed by atoms with van der Waals surface area (Å²) in [4.78, 5) is 30.5. The molecule has 2 fully saturated rings. The molecule has 0 radical (unpaired) electrons. The number of carbonyl (C=O) groups excluding carboxylic acids is 2. The highest BCUT2D eigenvalue weighted by atomic mass is 16.2. The van der Waals surface area contributed by atoms with E-state index < -0.39 is 0 Å². The predicted octanol–water partition coefficient (Wildman–Crippen LogP) is 3.47. The van der Waals surface area contributed by atoms with Gasteiger partial charge in [0.15, 0.2) is 0 Å². The Hall–Kier alpha value is -2.30. The first-order valence-corrected chi connectivity index (χ1v) is 9.78. The normalized spacial score (nSPS) is 25.5. The van der Waals surface area contributed by atoms with Crippen LogP contribution in [0.25, 0.3) is 10.9 Å². The van der Waals surface area contributed by atoms with E-state index in [9.17, 15) is 9.59 Å². The quantitative estimate of drug-likeness (QED) is 0.864. The van der Waals surface area contributed by atoms with Crippen LogP contribution in [0.4, 0.5) is 0 Å². The van der Waals surface area contributed by atoms with Gasteiger partial charge in [0.25, 0.3) is 5.91 Å². The summed E-state index contributed by atoms with van der Waals surface area (Å²) in [6, 6.07) is 8.00. The molecule has 0 bridgehead atoms. The second kappa shape index (κ2) is 6.78. The van der Waals surface area contributed by atoms with Crippen LogP contribution in [-0.2, 0) is 4.79 Å². The number of hydrogen-bond acceptors (Lipinski definition) is 2. The minimum atomic E-state index is -0.0193. The molecule has 138 valence electrons. The zero-order valence-corrected chi connectivity index (χ0v) is 15.4. The highest BCUT2D eigenvalue weighted by Crippen LogP contribution is 2.47. The van der Waals surface area contributed by atoms with E-state index in [1.54, 1.807) is 0 Å². The lowest BCUT2D eigenvalue weighted by molar-refractivity contribution is -0.141. The Morgan fingerprint density at radius 1 is 1.35 bits per heavy atom. The highest BCUT2D eigenvalue weighted by Gasteiger charge is 2.49. The molecule has 4 rings (SSSR count). The molecule has 2 aliphatic rings. The van der Waals surface area contributed by atoms with E-state index in [1.807, 2.05) is 30.5 Å². The Morgan fingerprint density at radius 3 is 3.08 bits per heavy atom. The van der Waals surface area contributed by atoms with Crippen molar-refractivity contribution < 1.29 is 9.59 Å². The predicted molar refractivity (Wildman–Crippen MR) is 102 cm³/mol. The Labute approximate surface area is 154 Å². The topological polar surface area (TPSA) is 65.2 Å². The molecule has 0 unspecified atom stereocenters. The monoisotopic (exact) mass is 353 g/mol. The largest absolute Gasteiger partial charge is 0.361 e. The maximum atomic E-state index is 12.9. The lowest BCUT2D eigenvalue weighted by Gasteiger charge is -2.46. The van der Waals surface area contributed by atoms with Crippen LogP contribution < -0.4 is 5.32 Å². The fourth-order valence-corrected chi connectivity index (χ4v) is 5.02. The molecule has 26 heavy (non-hydrogen) atoms. The maximum absolute atomic E-state index is 12.9. The SMILES string of the molecule is CCCN1C(=O)CC[C@]2(CNC(=O)c3cccc4[nH]ccc34)CCC[C@@H]12. The number of hydrogen-bond donors (Lipinski definition) is 2. The molecule has 1 aliphatic carbocycles. The van der Waals surface area contributed by atoms with E-state index in [1.165, 1.54) is 0 Å². The van der Waals surface area contributed by atoms with Gasteiger partial charge in [0.1, 0.15) is 0 Å². The average molecular weight is 353 g/mol. The Balaban J connectivity index is 1.52. The molecule has 1 aromatic heterocycles. The number of fused-ring (bicyclic) bond motifs is 2. The van der Waals surface area contributed by atoms with Crippen LogP contribution in [0.1, 0.15) is 55.8 Å². The molecule has 2 atom stereocenters. The van der Waals surface area contributed by atoms with Gasteiger partial charge in [-0.25, -0.2) is 0 Å². The van der Waals surface area contributed by atoms with Crippen LogP contribution >= 0.6 is 0 Å². The van der Waals surface area contributed by atoms with Crippen molar-refractivity contribution in [1.29, 1.82) is 0 Å². The lowest BCUT2D eigenvalue weighted by Crippen LogP contribution is -2.56. The van der Waals surface area contributed by atoms with Gasteiger partial charge in [-0.05, 0) is 43.9 Å². The maximum Gasteiger partial charge on any atom is 0.251 e. The molecular weight excluding hydrogens is 326 g/mol. The van der Waals surface area contributed by atoms with Crippen LogP contribution in [0.3, 0.4) is 0 Å². The fourth-order valence-electron chi connectivity index (χ4n) is 5.02. The number of aromatic nitrogens is 1. The molecule has 0 spiro atoms. The molecule has 1 saturated carbocycles. The molecule has 5 heteroatoms. The molecular formula is C21H27N3O2. The summed E-state index contributed by atoms with van der Waals surface area (Å²) in [5, 5.41) is 4.15. The summed E-state index contributed by atoms with van der Waals surface area (Å²) in [7, 11) is 0. The van der Waals surface area contributed by atoms with E-state index in [4.69, 9.17) is 0 Å². The van der Waals surface area contributed by atoms with Crippen molar-refractivity contribution in [2.75, 3.05) is 13.1 Å². The van der Waals surface area contributed by atoms with Crippen LogP contribution in [0.5, 0.6) is 0 Å². The molecule has 2 heterocycles. The van der Waals surface area contributed by atoms with Gasteiger partial charge in [0, 0.05) is 53.6 Å². The number of nitrogens with zero attached hydrogens (tertiary/aromatic N) is 1. The Bertz CT molecular complexity index is 828. The summed E-state index contributed by atoms with van der Waals surface area (Å²) in [6.45, 7) is 3.62. The van der Waals surface area contributed by atoms with Gasteiger partial charge in [-0.3, -0.25) is 9.59 Å². The Kier molecular flexibility index (Phi) is 4.47. The zero-order valence-electron chi connectivity index (χ0n) is 15.4. The van der Waals surface area contributed by atoms with Crippen LogP contribution in [-0.4, -0.2) is 40.8 Å². The van der Waals surface area contributed by atoms with Gasteiger partial charge in [0.2, 0.25) is 5.91 Å². The third-order valence-electron chi connectivity index (χ3n) is 6.30. The summed E-state index contributed by atoms with van der Waals surface area (Å²) < 4.78 is 0. The van der Waals surface area contributed by atoms with Crippen molar-refractivity contribution in [2.45, 2.75) is 51.5 Å². The van der Waals surface area contributed by atoms with Gasteiger partial charge in [0.05, 0.1) is 0 Å². The van der Waals surface area contributed by atoms with Gasteiger partial charge in [-0.15, -0.1) is 0 Å². The number of aromatic amines is 1. The number of amides is 2. The number of carbonyl (C=O) groups is 2. The minimum absolute atomic E-state index is 0.0193. The zero-order chi connectivity index (χ0) is 18.1. The first-order chi connectivity index (χ1) is 12.6. The van der Waals surface area contributed by atoms with E-state index in [0.717, 1.165) is 49.6 Å². The summed E-state index contributed by atoms with van der Waals surface area (Å²) in [5.74, 6) is 0.270. The second-order valence-corrected chi connectivity index (χ2v) is 7.78. The van der Waals surface area contributed by atoms with E-state index in [-0.39, 0.29) is 23.3 Å². The van der Waals surface area contributed by atoms with Crippen molar-refractivity contribution in [1.82, 2.24) is 15.2 Å². The third-order valence-corrected chi connectivity index (χ3v) is 6.30. The van der Waals surface area contributed by atoms with Gasteiger partial charge in [-0.2, -0.15) is 0 Å². The number of piperidine rings is 1. The number of benzene rings is 1.